The first-order valence-electron chi connectivity index (χ1n) is 21.1. The maximum Gasteiger partial charge on any atom is 0.335 e. The van der Waals surface area contributed by atoms with Gasteiger partial charge in [-0.15, -0.1) is 0 Å². The lowest BCUT2D eigenvalue weighted by molar-refractivity contribution is -0.277. The number of ether oxygens (including phenoxy) is 4. The molecule has 4 unspecified atom stereocenters. The van der Waals surface area contributed by atoms with Crippen LogP contribution in [-0.2, 0) is 19.0 Å². The molecule has 10 N–H and O–H groups in total. The summed E-state index contributed by atoms with van der Waals surface area (Å²) < 4.78 is 21.6. The second-order valence-corrected chi connectivity index (χ2v) is 16.3. The molecule has 0 spiro atoms. The number of carbonyl (C=O) groups excluding carboxylic acids is 3. The number of aromatic carboxylic acids is 1. The van der Waals surface area contributed by atoms with E-state index in [-0.39, 0.29) is 88.2 Å². The van der Waals surface area contributed by atoms with E-state index in [0.29, 0.717) is 22.3 Å². The number of fused-ring (bicyclic) bond motifs is 3. The van der Waals surface area contributed by atoms with Crippen LogP contribution < -0.4 is 4.74 Å². The van der Waals surface area contributed by atoms with Crippen molar-refractivity contribution in [1.29, 1.82) is 0 Å². The highest BCUT2D eigenvalue weighted by Gasteiger charge is 2.47. The molecule has 18 nitrogen and oxygen atoms in total. The summed E-state index contributed by atoms with van der Waals surface area (Å²) in [6.07, 6.45) is -2.58. The third kappa shape index (κ3) is 9.56. The molecular weight excluding hydrogens is 877 g/mol. The predicted octanol–water partition coefficient (Wildman–Crippen LogP) is 4.51. The van der Waals surface area contributed by atoms with Gasteiger partial charge in [-0.2, -0.15) is 0 Å². The van der Waals surface area contributed by atoms with Crippen LogP contribution >= 0.6 is 0 Å². The molecule has 7 atom stereocenters. The van der Waals surface area contributed by atoms with Crippen LogP contribution in [0.1, 0.15) is 102 Å². The Morgan fingerprint density at radius 3 is 2.16 bits per heavy atom. The Balaban J connectivity index is 0.000000235. The normalized spacial score (nSPS) is 24.0. The molecule has 67 heavy (non-hydrogen) atoms. The third-order valence-electron chi connectivity index (χ3n) is 11.9. The van der Waals surface area contributed by atoms with Crippen molar-refractivity contribution in [3.63, 3.8) is 0 Å². The van der Waals surface area contributed by atoms with Crippen molar-refractivity contribution in [3.8, 4) is 28.7 Å². The zero-order valence-corrected chi connectivity index (χ0v) is 35.9. The summed E-state index contributed by atoms with van der Waals surface area (Å²) in [5.41, 5.74) is 1.88. The first-order valence-corrected chi connectivity index (χ1v) is 21.1. The Morgan fingerprint density at radius 1 is 0.761 bits per heavy atom. The molecule has 0 bridgehead atoms. The molecule has 352 valence electrons. The Labute approximate surface area is 382 Å². The van der Waals surface area contributed by atoms with Crippen molar-refractivity contribution in [2.45, 2.75) is 75.1 Å². The highest BCUT2D eigenvalue weighted by Crippen LogP contribution is 2.53. The molecule has 3 aliphatic heterocycles. The van der Waals surface area contributed by atoms with Gasteiger partial charge in [-0.25, -0.2) is 4.79 Å². The topological polar surface area (TPSA) is 308 Å². The zero-order chi connectivity index (χ0) is 48.4. The quantitative estimate of drug-likeness (QED) is 0.119. The van der Waals surface area contributed by atoms with E-state index in [1.54, 1.807) is 25.1 Å². The highest BCUT2D eigenvalue weighted by atomic mass is 16.7. The van der Waals surface area contributed by atoms with E-state index >= 15 is 0 Å². The maximum absolute atomic E-state index is 14.1. The first-order chi connectivity index (χ1) is 31.9. The lowest BCUT2D eigenvalue weighted by Gasteiger charge is -2.40. The molecule has 0 saturated carbocycles. The Bertz CT molecular complexity index is 2700. The second kappa shape index (κ2) is 19.7. The molecular formula is C49H48O18. The largest absolute Gasteiger partial charge is 0.507 e. The molecule has 3 heterocycles. The number of allylic oxidation sites excluding steroid dienone is 2. The maximum atomic E-state index is 14.1. The number of carbonyl (C=O) groups is 4. The molecule has 1 fully saturated rings. The number of benzene rings is 4. The van der Waals surface area contributed by atoms with Crippen LogP contribution in [0.5, 0.6) is 28.7 Å². The van der Waals surface area contributed by atoms with Crippen LogP contribution in [-0.4, -0.2) is 125 Å². The summed E-state index contributed by atoms with van der Waals surface area (Å²) in [6.45, 7) is 5.65. The lowest BCUT2D eigenvalue weighted by atomic mass is 9.65. The fraction of sp³-hybridized carbons (Fsp3) is 0.306. The lowest BCUT2D eigenvalue weighted by Crippen LogP contribution is -2.60. The summed E-state index contributed by atoms with van der Waals surface area (Å²) in [6, 6.07) is 14.1. The predicted molar refractivity (Wildman–Crippen MR) is 234 cm³/mol. The summed E-state index contributed by atoms with van der Waals surface area (Å²) in [4.78, 5) is 50.2. The van der Waals surface area contributed by atoms with Crippen molar-refractivity contribution in [3.05, 3.63) is 141 Å². The molecule has 4 aromatic carbocycles. The van der Waals surface area contributed by atoms with E-state index in [1.807, 2.05) is 6.08 Å². The number of phenols is 4. The van der Waals surface area contributed by atoms with Gasteiger partial charge in [0.25, 0.3) is 0 Å². The van der Waals surface area contributed by atoms with Crippen molar-refractivity contribution in [2.24, 2.45) is 0 Å². The Morgan fingerprint density at radius 2 is 1.51 bits per heavy atom. The molecule has 5 aliphatic rings. The number of carboxylic acids is 1. The number of aryl methyl sites for hydroxylation is 1. The van der Waals surface area contributed by atoms with Crippen molar-refractivity contribution >= 4 is 29.1 Å². The Kier molecular flexibility index (Phi) is 14.0. The minimum Gasteiger partial charge on any atom is -0.507 e. The average Bonchev–Trinajstić information content (AvgIpc) is 3.29. The van der Waals surface area contributed by atoms with E-state index < -0.39 is 78.2 Å². The van der Waals surface area contributed by atoms with Crippen LogP contribution in [0.2, 0.25) is 0 Å². The van der Waals surface area contributed by atoms with Gasteiger partial charge in [0.15, 0.2) is 23.0 Å². The van der Waals surface area contributed by atoms with Gasteiger partial charge in [0.1, 0.15) is 47.4 Å². The molecule has 9 rings (SSSR count). The molecule has 0 aromatic heterocycles. The number of carboxylic acid groups (broad SMARTS) is 1. The first kappa shape index (κ1) is 47.7. The van der Waals surface area contributed by atoms with Gasteiger partial charge in [-0.05, 0) is 96.5 Å². The van der Waals surface area contributed by atoms with Crippen LogP contribution in [0.3, 0.4) is 0 Å². The minimum absolute atomic E-state index is 0.00169. The van der Waals surface area contributed by atoms with Gasteiger partial charge >= 0.3 is 5.97 Å². The second-order valence-electron chi connectivity index (χ2n) is 16.3. The molecule has 1 saturated heterocycles. The van der Waals surface area contributed by atoms with Crippen LogP contribution in [0.25, 0.3) is 5.76 Å². The van der Waals surface area contributed by atoms with Crippen molar-refractivity contribution < 1.29 is 89.2 Å². The molecule has 2 aliphatic carbocycles. The number of rotatable bonds is 6. The monoisotopic (exact) mass is 924 g/mol. The fourth-order valence-corrected chi connectivity index (χ4v) is 8.70. The van der Waals surface area contributed by atoms with E-state index in [9.17, 15) is 65.1 Å². The Hall–Kier alpha value is -7.22. The summed E-state index contributed by atoms with van der Waals surface area (Å²) in [5.74, 6) is -5.10. The minimum atomic E-state index is -1.75. The number of hydrogen-bond acceptors (Lipinski definition) is 17. The molecule has 4 aromatic rings. The standard InChI is InChI=1S/C32H30O12.C11H10O5.C6H8O/c1-12-7-17-23(14-5-6-18(34)24-16(14)9-13(31(41)42)10-20(24)36)15-3-2-4-21(26(15)28(38)25(17)19(35)8-12)43-32-30(40)29(39)27(37)22(11-33)44-32;12-7-2-1-6(5-9(7)14)11-10(15)8(13)3-4-16-11;1-6-4-2-3-5-7-6/h2-4,7-10,14,22-23,27,29-30,32-33,35-37,39-40H,5-6,11H2,1H3,(H,41,42);1-2,5,12,14-15H,3-4H2;2,4H,1,3,5H2/t14?,22?,23?,27-,29+,30?,32-;;/m1../s1. The van der Waals surface area contributed by atoms with E-state index in [2.05, 4.69) is 12.7 Å². The van der Waals surface area contributed by atoms with Gasteiger partial charge in [-0.1, -0.05) is 30.9 Å². The SMILES string of the molecule is C=C1C=CCCO1.Cc1cc(O)c2c(c1)C(C1CCC(=O)c3c(O)cc(C(=O)O)cc31)c1cccc(O[C@@H]3OC(CO)[C@@H](O)[C@H](O)C3O)c1C2=O.O=C1CCOC(c2ccc(O)c(O)c2)=C1O. The summed E-state index contributed by atoms with van der Waals surface area (Å²) >= 11 is 0. The fourth-order valence-electron chi connectivity index (χ4n) is 8.70. The third-order valence-corrected chi connectivity index (χ3v) is 11.9. The average molecular weight is 925 g/mol. The highest BCUT2D eigenvalue weighted by molar-refractivity contribution is 6.16. The smallest absolute Gasteiger partial charge is 0.335 e. The molecule has 18 heteroatoms. The van der Waals surface area contributed by atoms with Gasteiger partial charge in [-0.3, -0.25) is 14.4 Å². The van der Waals surface area contributed by atoms with Crippen LogP contribution in [0.4, 0.5) is 0 Å². The molecule has 0 radical (unpaired) electrons. The number of aliphatic hydroxyl groups excluding tert-OH is 5. The number of hydrogen-bond donors (Lipinski definition) is 10. The van der Waals surface area contributed by atoms with Gasteiger partial charge in [0.2, 0.25) is 23.6 Å². The number of ketones is 3. The number of Topliss-reactive ketones (excluding diaryl/α,β-unsaturated/α-hetero) is 2. The summed E-state index contributed by atoms with van der Waals surface area (Å²) in [5, 5.41) is 100. The number of phenolic OH excluding ortho intramolecular Hbond substituents is 4. The number of aromatic hydroxyl groups is 4. The van der Waals surface area contributed by atoms with Crippen molar-refractivity contribution in [2.75, 3.05) is 19.8 Å². The summed E-state index contributed by atoms with van der Waals surface area (Å²) in [7, 11) is 0. The van der Waals surface area contributed by atoms with Gasteiger partial charge in [0.05, 0.1) is 42.1 Å². The zero-order valence-electron chi connectivity index (χ0n) is 35.9. The van der Waals surface area contributed by atoms with Crippen LogP contribution in [0, 0.1) is 6.92 Å². The number of aliphatic hydroxyl groups is 5. The van der Waals surface area contributed by atoms with Crippen LogP contribution in [0.15, 0.2) is 90.9 Å². The van der Waals surface area contributed by atoms with E-state index in [0.717, 1.165) is 24.9 Å². The van der Waals surface area contributed by atoms with E-state index in [4.69, 9.17) is 24.1 Å². The van der Waals surface area contributed by atoms with E-state index in [1.165, 1.54) is 36.4 Å². The van der Waals surface area contributed by atoms with Gasteiger partial charge < -0.3 is 70.0 Å². The molecule has 0 amide bonds. The van der Waals surface area contributed by atoms with Gasteiger partial charge in [0, 0.05) is 24.3 Å². The van der Waals surface area contributed by atoms with Crippen molar-refractivity contribution in [1.82, 2.24) is 0 Å².